The fourth-order valence-electron chi connectivity index (χ4n) is 1.76. The molecule has 0 saturated carbocycles. The zero-order chi connectivity index (χ0) is 12.0. The highest BCUT2D eigenvalue weighted by Crippen LogP contribution is 2.28. The monoisotopic (exact) mass is 265 g/mol. The van der Waals surface area contributed by atoms with E-state index in [9.17, 15) is 0 Å². The van der Waals surface area contributed by atoms with Gasteiger partial charge in [0.1, 0.15) is 5.15 Å². The van der Waals surface area contributed by atoms with E-state index in [1.807, 2.05) is 18.2 Å². The molecule has 0 aliphatic carbocycles. The maximum atomic E-state index is 6.03. The van der Waals surface area contributed by atoms with Crippen LogP contribution in [0.15, 0.2) is 18.2 Å². The molecule has 0 unspecified atom stereocenters. The van der Waals surface area contributed by atoms with Crippen molar-refractivity contribution in [3.05, 3.63) is 28.1 Å². The van der Waals surface area contributed by atoms with Crippen LogP contribution in [-0.2, 0) is 0 Å². The summed E-state index contributed by atoms with van der Waals surface area (Å²) in [5.74, 6) is 0.486. The van der Waals surface area contributed by atoms with E-state index in [0.717, 1.165) is 22.2 Å². The summed E-state index contributed by atoms with van der Waals surface area (Å²) >= 11 is 11.0. The third-order valence-electron chi connectivity index (χ3n) is 2.56. The summed E-state index contributed by atoms with van der Waals surface area (Å²) in [5.41, 5.74) is 8.23. The number of rotatable bonds is 1. The van der Waals surface area contributed by atoms with Crippen molar-refractivity contribution < 1.29 is 0 Å². The van der Waals surface area contributed by atoms with Gasteiger partial charge in [0.25, 0.3) is 0 Å². The molecule has 0 fully saturated rings. The predicted octanol–water partition coefficient (Wildman–Crippen LogP) is 2.85. The molecular weight excluding hydrogens is 258 g/mol. The Bertz CT molecular complexity index is 753. The van der Waals surface area contributed by atoms with Gasteiger partial charge in [0.2, 0.25) is 0 Å². The number of anilines is 1. The second-order valence-corrected chi connectivity index (χ2v) is 4.42. The van der Waals surface area contributed by atoms with Crippen LogP contribution < -0.4 is 5.73 Å². The van der Waals surface area contributed by atoms with Crippen LogP contribution in [0.2, 0.25) is 5.15 Å². The van der Waals surface area contributed by atoms with Crippen molar-refractivity contribution in [2.24, 2.45) is 0 Å². The van der Waals surface area contributed by atoms with Crippen LogP contribution in [0, 0.1) is 4.77 Å². The Morgan fingerprint density at radius 3 is 2.82 bits per heavy atom. The summed E-state index contributed by atoms with van der Waals surface area (Å²) < 4.78 is 0.495. The molecule has 0 aliphatic heterocycles. The first-order valence-corrected chi connectivity index (χ1v) is 5.65. The normalized spacial score (nSPS) is 11.1. The molecule has 3 rings (SSSR count). The number of fused-ring (bicyclic) bond motifs is 1. The highest BCUT2D eigenvalue weighted by atomic mass is 35.5. The molecule has 2 heterocycles. The molecule has 3 aromatic rings. The van der Waals surface area contributed by atoms with Gasteiger partial charge in [-0.25, -0.2) is 0 Å². The third-order valence-corrected chi connectivity index (χ3v) is 3.05. The minimum Gasteiger partial charge on any atom is -0.382 e. The van der Waals surface area contributed by atoms with E-state index in [2.05, 4.69) is 20.2 Å². The van der Waals surface area contributed by atoms with Gasteiger partial charge in [-0.05, 0) is 24.4 Å². The molecule has 0 aliphatic rings. The topological polar surface area (TPSA) is 86.3 Å². The summed E-state index contributed by atoms with van der Waals surface area (Å²) in [6.45, 7) is 0. The third kappa shape index (κ3) is 1.62. The number of imidazole rings is 1. The average molecular weight is 266 g/mol. The van der Waals surface area contributed by atoms with Gasteiger partial charge >= 0.3 is 0 Å². The lowest BCUT2D eigenvalue weighted by Gasteiger charge is -1.98. The number of nitrogens with zero attached hydrogens (tertiary/aromatic N) is 1. The lowest BCUT2D eigenvalue weighted by molar-refractivity contribution is 1.13. The standard InChI is InChI=1S/C10H8ClN5S/c11-8-7(13-10(17)14-8)4-1-2-5-6(3-4)15-16-9(5)12/h1-3H,(H3,12,15,16)(H2,13,14,17). The molecule has 7 heteroatoms. The Hall–Kier alpha value is -1.79. The number of halogens is 1. The van der Waals surface area contributed by atoms with Crippen molar-refractivity contribution >= 4 is 40.5 Å². The number of hydrogen-bond donors (Lipinski definition) is 4. The van der Waals surface area contributed by atoms with E-state index >= 15 is 0 Å². The van der Waals surface area contributed by atoms with E-state index in [1.165, 1.54) is 0 Å². The number of nitrogen functional groups attached to an aromatic ring is 1. The number of nitrogens with one attached hydrogen (secondary N) is 3. The van der Waals surface area contributed by atoms with Crippen LogP contribution in [0.5, 0.6) is 0 Å². The van der Waals surface area contributed by atoms with E-state index in [0.29, 0.717) is 15.7 Å². The smallest absolute Gasteiger partial charge is 0.176 e. The van der Waals surface area contributed by atoms with Crippen molar-refractivity contribution in [3.8, 4) is 11.3 Å². The van der Waals surface area contributed by atoms with Gasteiger partial charge in [-0.1, -0.05) is 17.7 Å². The molecule has 0 bridgehead atoms. The molecule has 5 nitrogen and oxygen atoms in total. The van der Waals surface area contributed by atoms with Crippen molar-refractivity contribution in [1.82, 2.24) is 20.2 Å². The Labute approximate surface area is 106 Å². The lowest BCUT2D eigenvalue weighted by atomic mass is 10.1. The molecule has 2 aromatic heterocycles. The van der Waals surface area contributed by atoms with E-state index in [1.54, 1.807) is 0 Å². The van der Waals surface area contributed by atoms with Crippen LogP contribution in [0.3, 0.4) is 0 Å². The van der Waals surface area contributed by atoms with Gasteiger partial charge in [0.15, 0.2) is 10.6 Å². The summed E-state index contributed by atoms with van der Waals surface area (Å²) in [6, 6.07) is 5.72. The fraction of sp³-hybridized carbons (Fsp3) is 0. The molecule has 17 heavy (non-hydrogen) atoms. The Balaban J connectivity index is 2.24. The Morgan fingerprint density at radius 1 is 1.29 bits per heavy atom. The van der Waals surface area contributed by atoms with Crippen molar-refractivity contribution in [2.75, 3.05) is 5.73 Å². The largest absolute Gasteiger partial charge is 0.382 e. The number of H-pyrrole nitrogens is 3. The summed E-state index contributed by atoms with van der Waals surface area (Å²) in [6.07, 6.45) is 0. The second kappa shape index (κ2) is 3.61. The van der Waals surface area contributed by atoms with Crippen LogP contribution in [0.1, 0.15) is 0 Å². The maximum Gasteiger partial charge on any atom is 0.176 e. The van der Waals surface area contributed by atoms with Crippen LogP contribution in [0.4, 0.5) is 5.82 Å². The molecule has 86 valence electrons. The first-order valence-electron chi connectivity index (χ1n) is 4.87. The quantitative estimate of drug-likeness (QED) is 0.510. The number of hydrogen-bond acceptors (Lipinski definition) is 3. The van der Waals surface area contributed by atoms with Gasteiger partial charge in [-0.2, -0.15) is 5.10 Å². The zero-order valence-electron chi connectivity index (χ0n) is 8.54. The molecule has 0 spiro atoms. The molecule has 0 radical (unpaired) electrons. The minimum atomic E-state index is 0.486. The predicted molar refractivity (Wildman–Crippen MR) is 70.5 cm³/mol. The molecular formula is C10H8ClN5S. The zero-order valence-corrected chi connectivity index (χ0v) is 10.1. The molecule has 0 atom stereocenters. The Morgan fingerprint density at radius 2 is 2.12 bits per heavy atom. The summed E-state index contributed by atoms with van der Waals surface area (Å²) in [5, 5.41) is 8.17. The van der Waals surface area contributed by atoms with E-state index in [4.69, 9.17) is 29.6 Å². The van der Waals surface area contributed by atoms with Gasteiger partial charge in [0, 0.05) is 10.9 Å². The van der Waals surface area contributed by atoms with Gasteiger partial charge in [-0.15, -0.1) is 0 Å². The highest BCUT2D eigenvalue weighted by Gasteiger charge is 2.08. The van der Waals surface area contributed by atoms with Gasteiger partial charge in [0.05, 0.1) is 11.2 Å². The fourth-order valence-corrected chi connectivity index (χ4v) is 2.27. The first-order chi connectivity index (χ1) is 8.15. The highest BCUT2D eigenvalue weighted by molar-refractivity contribution is 7.71. The van der Waals surface area contributed by atoms with E-state index in [-0.39, 0.29) is 0 Å². The maximum absolute atomic E-state index is 6.03. The van der Waals surface area contributed by atoms with Gasteiger partial charge < -0.3 is 15.7 Å². The van der Waals surface area contributed by atoms with Crippen LogP contribution >= 0.6 is 23.8 Å². The first kappa shape index (κ1) is 10.4. The SMILES string of the molecule is Nc1n[nH]c2cc(-c3[nH]c(=S)[nH]c3Cl)ccc12. The van der Waals surface area contributed by atoms with Crippen molar-refractivity contribution in [1.29, 1.82) is 0 Å². The number of nitrogens with two attached hydrogens (primary N) is 1. The summed E-state index contributed by atoms with van der Waals surface area (Å²) in [7, 11) is 0. The second-order valence-electron chi connectivity index (χ2n) is 3.64. The van der Waals surface area contributed by atoms with Crippen molar-refractivity contribution in [3.63, 3.8) is 0 Å². The van der Waals surface area contributed by atoms with Crippen molar-refractivity contribution in [2.45, 2.75) is 0 Å². The molecule has 1 aromatic carbocycles. The number of aromatic amines is 3. The summed E-state index contributed by atoms with van der Waals surface area (Å²) in [4.78, 5) is 5.83. The minimum absolute atomic E-state index is 0.486. The molecule has 0 amide bonds. The average Bonchev–Trinajstić information content (AvgIpc) is 2.82. The van der Waals surface area contributed by atoms with Crippen LogP contribution in [0.25, 0.3) is 22.2 Å². The van der Waals surface area contributed by atoms with Crippen LogP contribution in [-0.4, -0.2) is 20.2 Å². The van der Waals surface area contributed by atoms with E-state index < -0.39 is 0 Å². The molecule has 5 N–H and O–H groups in total. The lowest BCUT2D eigenvalue weighted by Crippen LogP contribution is -1.83. The Kier molecular flexibility index (Phi) is 2.20. The van der Waals surface area contributed by atoms with Gasteiger partial charge in [-0.3, -0.25) is 5.10 Å². The number of aromatic nitrogens is 4. The molecule has 0 saturated heterocycles. The number of benzene rings is 1.